The lowest BCUT2D eigenvalue weighted by molar-refractivity contribution is -0.195. The number of aryl methyl sites for hydroxylation is 1. The zero-order valence-electron chi connectivity index (χ0n) is 15.9. The van der Waals surface area contributed by atoms with Crippen LogP contribution in [0.4, 0.5) is 6.01 Å². The summed E-state index contributed by atoms with van der Waals surface area (Å²) in [5.41, 5.74) is -1.29. The second kappa shape index (κ2) is 7.06. The number of carbonyl (C=O) groups excluding carboxylic acids is 1. The number of carbonyl (C=O) groups is 1. The number of aliphatic hydroxyl groups is 1. The predicted molar refractivity (Wildman–Crippen MR) is 101 cm³/mol. The van der Waals surface area contributed by atoms with Gasteiger partial charge in [0.15, 0.2) is 0 Å². The van der Waals surface area contributed by atoms with Crippen LogP contribution in [-0.4, -0.2) is 62.7 Å². The SMILES string of the molecule is Cn1ncc(Cl)c1C(=O)N[C@@]1(C)CCOC2(CCN(c3ncco3)CC2)[C@@H]1O. The van der Waals surface area contributed by atoms with Gasteiger partial charge in [0.05, 0.1) is 28.6 Å². The van der Waals surface area contributed by atoms with Gasteiger partial charge in [-0.15, -0.1) is 0 Å². The average Bonchev–Trinajstić information content (AvgIpc) is 3.30. The van der Waals surface area contributed by atoms with Crippen molar-refractivity contribution in [2.24, 2.45) is 7.05 Å². The molecule has 1 spiro atoms. The third-order valence-electron chi connectivity index (χ3n) is 5.92. The number of hydrogen-bond donors (Lipinski definition) is 2. The zero-order chi connectivity index (χ0) is 19.9. The molecule has 2 aliphatic rings. The lowest BCUT2D eigenvalue weighted by Crippen LogP contribution is -2.69. The summed E-state index contributed by atoms with van der Waals surface area (Å²) in [5.74, 6) is -0.360. The average molecular weight is 410 g/mol. The Balaban J connectivity index is 1.49. The van der Waals surface area contributed by atoms with E-state index in [9.17, 15) is 9.90 Å². The van der Waals surface area contributed by atoms with E-state index < -0.39 is 17.2 Å². The summed E-state index contributed by atoms with van der Waals surface area (Å²) >= 11 is 6.09. The Morgan fingerprint density at radius 2 is 2.14 bits per heavy atom. The minimum atomic E-state index is -0.864. The fourth-order valence-corrected chi connectivity index (χ4v) is 4.50. The van der Waals surface area contributed by atoms with Crippen LogP contribution in [0.15, 0.2) is 23.1 Å². The molecule has 0 bridgehead atoms. The van der Waals surface area contributed by atoms with Gasteiger partial charge in [0.25, 0.3) is 11.9 Å². The largest absolute Gasteiger partial charge is 0.432 e. The van der Waals surface area contributed by atoms with Gasteiger partial charge in [0.1, 0.15) is 18.1 Å². The molecule has 28 heavy (non-hydrogen) atoms. The molecule has 4 rings (SSSR count). The van der Waals surface area contributed by atoms with Gasteiger partial charge >= 0.3 is 0 Å². The first-order valence-corrected chi connectivity index (χ1v) is 9.69. The van der Waals surface area contributed by atoms with E-state index in [2.05, 4.69) is 15.4 Å². The van der Waals surface area contributed by atoms with Crippen molar-refractivity contribution < 1.29 is 19.1 Å². The Hall–Kier alpha value is -2.10. The van der Waals surface area contributed by atoms with E-state index in [0.29, 0.717) is 45.0 Å². The number of aromatic nitrogens is 3. The molecule has 0 aromatic carbocycles. The molecule has 0 unspecified atom stereocenters. The molecular weight excluding hydrogens is 386 g/mol. The Morgan fingerprint density at radius 1 is 1.39 bits per heavy atom. The number of nitrogens with one attached hydrogen (secondary N) is 1. The molecular formula is C18H24ClN5O4. The monoisotopic (exact) mass is 409 g/mol. The van der Waals surface area contributed by atoms with E-state index in [4.69, 9.17) is 20.8 Å². The van der Waals surface area contributed by atoms with Crippen LogP contribution in [-0.2, 0) is 11.8 Å². The normalized spacial score (nSPS) is 27.1. The van der Waals surface area contributed by atoms with Crippen molar-refractivity contribution in [2.45, 2.75) is 43.4 Å². The molecule has 2 saturated heterocycles. The molecule has 2 fully saturated rings. The minimum absolute atomic E-state index is 0.273. The number of oxazole rings is 1. The molecule has 2 N–H and O–H groups in total. The van der Waals surface area contributed by atoms with E-state index in [1.54, 1.807) is 19.5 Å². The molecule has 10 heteroatoms. The number of hydrogen-bond acceptors (Lipinski definition) is 7. The topological polar surface area (TPSA) is 106 Å². The second-order valence-corrected chi connectivity index (χ2v) is 8.11. The van der Waals surface area contributed by atoms with Crippen LogP contribution in [0, 0.1) is 0 Å². The highest BCUT2D eigenvalue weighted by Crippen LogP contribution is 2.40. The van der Waals surface area contributed by atoms with Crippen molar-refractivity contribution in [1.82, 2.24) is 20.1 Å². The quantitative estimate of drug-likeness (QED) is 0.788. The molecule has 2 atom stereocenters. The minimum Gasteiger partial charge on any atom is -0.432 e. The highest BCUT2D eigenvalue weighted by atomic mass is 35.5. The number of amides is 1. The number of anilines is 1. The van der Waals surface area contributed by atoms with Gasteiger partial charge in [-0.2, -0.15) is 5.10 Å². The Bertz CT molecular complexity index is 827. The van der Waals surface area contributed by atoms with Crippen molar-refractivity contribution in [3.63, 3.8) is 0 Å². The summed E-state index contributed by atoms with van der Waals surface area (Å²) in [7, 11) is 1.66. The maximum Gasteiger partial charge on any atom is 0.297 e. The van der Waals surface area contributed by atoms with Crippen LogP contribution < -0.4 is 10.2 Å². The summed E-state index contributed by atoms with van der Waals surface area (Å²) in [5, 5.41) is 18.5. The lowest BCUT2D eigenvalue weighted by atomic mass is 9.73. The van der Waals surface area contributed by atoms with Crippen molar-refractivity contribution in [1.29, 1.82) is 0 Å². The van der Waals surface area contributed by atoms with Crippen LogP contribution >= 0.6 is 11.6 Å². The highest BCUT2D eigenvalue weighted by Gasteiger charge is 2.54. The van der Waals surface area contributed by atoms with Crippen LogP contribution in [0.25, 0.3) is 0 Å². The molecule has 4 heterocycles. The molecule has 2 aromatic rings. The van der Waals surface area contributed by atoms with Gasteiger partial charge in [-0.05, 0) is 26.2 Å². The number of aliphatic hydroxyl groups excluding tert-OH is 1. The molecule has 2 aliphatic heterocycles. The van der Waals surface area contributed by atoms with Gasteiger partial charge in [-0.3, -0.25) is 9.48 Å². The fraction of sp³-hybridized carbons (Fsp3) is 0.611. The van der Waals surface area contributed by atoms with Gasteiger partial charge in [-0.1, -0.05) is 11.6 Å². The summed E-state index contributed by atoms with van der Waals surface area (Å²) in [6.07, 6.45) is 5.43. The predicted octanol–water partition coefficient (Wildman–Crippen LogP) is 1.37. The third kappa shape index (κ3) is 3.17. The lowest BCUT2D eigenvalue weighted by Gasteiger charge is -2.53. The number of halogens is 1. The fourth-order valence-electron chi connectivity index (χ4n) is 4.24. The van der Waals surface area contributed by atoms with Crippen LogP contribution in [0.3, 0.4) is 0 Å². The van der Waals surface area contributed by atoms with Crippen molar-refractivity contribution in [2.75, 3.05) is 24.6 Å². The molecule has 152 valence electrons. The second-order valence-electron chi connectivity index (χ2n) is 7.70. The van der Waals surface area contributed by atoms with E-state index in [-0.39, 0.29) is 16.6 Å². The van der Waals surface area contributed by atoms with Crippen LogP contribution in [0.5, 0.6) is 0 Å². The molecule has 0 saturated carbocycles. The van der Waals surface area contributed by atoms with Gasteiger partial charge in [0, 0.05) is 26.7 Å². The summed E-state index contributed by atoms with van der Waals surface area (Å²) < 4.78 is 12.9. The smallest absolute Gasteiger partial charge is 0.297 e. The standard InChI is InChI=1S/C18H24ClN5O4/c1-17(22-14(25)13-12(19)11-21-23(13)2)5-9-28-18(15(17)26)3-7-24(8-4-18)16-20-6-10-27-16/h6,10-11,15,26H,3-5,7-9H2,1-2H3,(H,22,25)/t15-,17+/m1/s1. The Labute approximate surface area is 167 Å². The first-order valence-electron chi connectivity index (χ1n) is 9.31. The number of piperidine rings is 1. The van der Waals surface area contributed by atoms with Crippen LogP contribution in [0.1, 0.15) is 36.7 Å². The molecule has 2 aromatic heterocycles. The maximum absolute atomic E-state index is 12.8. The third-order valence-corrected chi connectivity index (χ3v) is 6.20. The summed E-state index contributed by atoms with van der Waals surface area (Å²) in [6.45, 7) is 3.60. The first-order chi connectivity index (χ1) is 13.3. The first kappa shape index (κ1) is 19.2. The summed E-state index contributed by atoms with van der Waals surface area (Å²) in [4.78, 5) is 19.0. The Kier molecular flexibility index (Phi) is 4.84. The van der Waals surface area contributed by atoms with E-state index >= 15 is 0 Å². The number of rotatable bonds is 3. The Morgan fingerprint density at radius 3 is 2.75 bits per heavy atom. The highest BCUT2D eigenvalue weighted by molar-refractivity contribution is 6.33. The van der Waals surface area contributed by atoms with Crippen molar-refractivity contribution in [3.05, 3.63) is 29.4 Å². The van der Waals surface area contributed by atoms with Gasteiger partial charge < -0.3 is 24.5 Å². The van der Waals surface area contributed by atoms with E-state index in [1.807, 2.05) is 11.8 Å². The van der Waals surface area contributed by atoms with Crippen LogP contribution in [0.2, 0.25) is 5.02 Å². The van der Waals surface area contributed by atoms with Gasteiger partial charge in [-0.25, -0.2) is 4.98 Å². The van der Waals surface area contributed by atoms with Gasteiger partial charge in [0.2, 0.25) is 0 Å². The van der Waals surface area contributed by atoms with E-state index in [0.717, 1.165) is 0 Å². The zero-order valence-corrected chi connectivity index (χ0v) is 16.6. The summed E-state index contributed by atoms with van der Waals surface area (Å²) in [6, 6.07) is 0.571. The number of ether oxygens (including phenoxy) is 1. The molecule has 0 aliphatic carbocycles. The van der Waals surface area contributed by atoms with E-state index in [1.165, 1.54) is 10.9 Å². The van der Waals surface area contributed by atoms with Crippen molar-refractivity contribution in [3.8, 4) is 0 Å². The number of nitrogens with zero attached hydrogens (tertiary/aromatic N) is 4. The molecule has 9 nitrogen and oxygen atoms in total. The molecule has 1 amide bonds. The van der Waals surface area contributed by atoms with Crippen molar-refractivity contribution >= 4 is 23.5 Å². The molecule has 0 radical (unpaired) electrons. The maximum atomic E-state index is 12.8.